The van der Waals surface area contributed by atoms with Gasteiger partial charge in [0.15, 0.2) is 0 Å². The molecule has 0 aliphatic carbocycles. The lowest BCUT2D eigenvalue weighted by Crippen LogP contribution is -2.38. The molecule has 2 aromatic rings. The molecule has 1 aliphatic rings. The third-order valence-electron chi connectivity index (χ3n) is 4.36. The number of hydrogen-bond donors (Lipinski definition) is 0. The Bertz CT molecular complexity index is 883. The van der Waals surface area contributed by atoms with Crippen LogP contribution in [0.15, 0.2) is 33.9 Å². The molecule has 1 fully saturated rings. The lowest BCUT2D eigenvalue weighted by atomic mass is 10.1. The van der Waals surface area contributed by atoms with Crippen molar-refractivity contribution in [2.45, 2.75) is 25.8 Å². The summed E-state index contributed by atoms with van der Waals surface area (Å²) in [4.78, 5) is 26.8. The maximum absolute atomic E-state index is 12.3. The predicted octanol–water partition coefficient (Wildman–Crippen LogP) is 1.61. The van der Waals surface area contributed by atoms with E-state index in [2.05, 4.69) is 16.7 Å². The minimum absolute atomic E-state index is 0. The number of hydrogen-bond acceptors (Lipinski definition) is 3. The molecule has 1 aliphatic heterocycles. The van der Waals surface area contributed by atoms with Crippen molar-refractivity contribution in [1.29, 1.82) is 0 Å². The van der Waals surface area contributed by atoms with Gasteiger partial charge in [-0.05, 0) is 38.1 Å². The molecule has 2 heterocycles. The van der Waals surface area contributed by atoms with E-state index in [-0.39, 0.29) is 23.7 Å². The monoisotopic (exact) mass is 347 g/mol. The Morgan fingerprint density at radius 2 is 1.67 bits per heavy atom. The number of nitrogens with zero attached hydrogens (tertiary/aromatic N) is 3. The Balaban J connectivity index is 0.00000208. The smallest absolute Gasteiger partial charge is 0.292 e. The first kappa shape index (κ1) is 18.3. The van der Waals surface area contributed by atoms with Crippen molar-refractivity contribution in [2.75, 3.05) is 19.6 Å². The van der Waals surface area contributed by atoms with E-state index in [1.54, 1.807) is 22.8 Å². The fourth-order valence-corrected chi connectivity index (χ4v) is 3.01. The van der Waals surface area contributed by atoms with Crippen LogP contribution in [0.4, 0.5) is 0 Å². The minimum atomic E-state index is -0.319. The highest BCUT2D eigenvalue weighted by Crippen LogP contribution is 2.08. The molecular formula is C18H22ClN3O2. The van der Waals surface area contributed by atoms with Crippen LogP contribution in [-0.4, -0.2) is 33.7 Å². The Morgan fingerprint density at radius 3 is 2.42 bits per heavy atom. The van der Waals surface area contributed by atoms with Crippen LogP contribution in [-0.2, 0) is 13.6 Å². The van der Waals surface area contributed by atoms with Crippen molar-refractivity contribution in [3.8, 4) is 11.8 Å². The van der Waals surface area contributed by atoms with Gasteiger partial charge >= 0.3 is 5.69 Å². The standard InChI is InChI=1S/C18H21N3O2.ClH/c1-19-17(22)15-9-3-4-10-16(15)21(18(19)23)14-8-7-13-20-11-5-2-6-12-20;/h3-4,9-10H,2,5-6,11-14H2,1H3;1H. The van der Waals surface area contributed by atoms with Crippen LogP contribution < -0.4 is 11.2 Å². The van der Waals surface area contributed by atoms with E-state index < -0.39 is 0 Å². The molecule has 0 atom stereocenters. The Morgan fingerprint density at radius 1 is 1.00 bits per heavy atom. The summed E-state index contributed by atoms with van der Waals surface area (Å²) >= 11 is 0. The predicted molar refractivity (Wildman–Crippen MR) is 98.8 cm³/mol. The quantitative estimate of drug-likeness (QED) is 0.775. The van der Waals surface area contributed by atoms with E-state index in [1.807, 2.05) is 6.07 Å². The van der Waals surface area contributed by atoms with E-state index >= 15 is 0 Å². The summed E-state index contributed by atoms with van der Waals surface area (Å²) < 4.78 is 2.72. The van der Waals surface area contributed by atoms with Gasteiger partial charge in [-0.2, -0.15) is 0 Å². The number of benzene rings is 1. The number of aromatic nitrogens is 2. The Kier molecular flexibility index (Phi) is 6.24. The summed E-state index contributed by atoms with van der Waals surface area (Å²) in [6.07, 6.45) is 3.79. The second-order valence-electron chi connectivity index (χ2n) is 5.94. The normalized spacial score (nSPS) is 14.7. The molecule has 0 bridgehead atoms. The topological polar surface area (TPSA) is 47.2 Å². The molecule has 0 unspecified atom stereocenters. The number of para-hydroxylation sites is 1. The van der Waals surface area contributed by atoms with Crippen molar-refractivity contribution < 1.29 is 0 Å². The van der Waals surface area contributed by atoms with Crippen LogP contribution in [0.5, 0.6) is 0 Å². The first-order chi connectivity index (χ1) is 11.2. The highest BCUT2D eigenvalue weighted by Gasteiger charge is 2.09. The van der Waals surface area contributed by atoms with Crippen LogP contribution >= 0.6 is 12.4 Å². The Labute approximate surface area is 147 Å². The molecule has 1 aromatic carbocycles. The van der Waals surface area contributed by atoms with E-state index in [4.69, 9.17) is 0 Å². The number of piperidine rings is 1. The van der Waals surface area contributed by atoms with Gasteiger partial charge in [-0.15, -0.1) is 12.4 Å². The molecule has 0 radical (unpaired) electrons. The van der Waals surface area contributed by atoms with Gasteiger partial charge in [0.25, 0.3) is 5.56 Å². The summed E-state index contributed by atoms with van der Waals surface area (Å²) in [5.41, 5.74) is 0.0666. The van der Waals surface area contributed by atoms with Gasteiger partial charge in [-0.3, -0.25) is 18.8 Å². The molecule has 3 rings (SSSR count). The SMILES string of the molecule is Cl.Cn1c(=O)c2ccccc2n(CC#CCN2CCCCC2)c1=O. The van der Waals surface area contributed by atoms with E-state index in [0.717, 1.165) is 24.2 Å². The van der Waals surface area contributed by atoms with Gasteiger partial charge in [0.1, 0.15) is 0 Å². The van der Waals surface area contributed by atoms with Crippen LogP contribution in [0.2, 0.25) is 0 Å². The molecule has 0 amide bonds. The molecule has 24 heavy (non-hydrogen) atoms. The van der Waals surface area contributed by atoms with E-state index in [1.165, 1.54) is 26.3 Å². The first-order valence-electron chi connectivity index (χ1n) is 8.05. The summed E-state index contributed by atoms with van der Waals surface area (Å²) in [6, 6.07) is 7.18. The number of halogens is 1. The van der Waals surface area contributed by atoms with Crippen LogP contribution in [0.25, 0.3) is 10.9 Å². The lowest BCUT2D eigenvalue weighted by molar-refractivity contribution is 0.255. The third-order valence-corrected chi connectivity index (χ3v) is 4.36. The van der Waals surface area contributed by atoms with Gasteiger partial charge in [-0.1, -0.05) is 30.4 Å². The summed E-state index contributed by atoms with van der Waals surface area (Å²) in [6.45, 7) is 3.27. The molecule has 6 heteroatoms. The molecule has 5 nitrogen and oxygen atoms in total. The van der Waals surface area contributed by atoms with Crippen molar-refractivity contribution in [1.82, 2.24) is 14.0 Å². The van der Waals surface area contributed by atoms with Crippen molar-refractivity contribution in [3.05, 3.63) is 45.1 Å². The highest BCUT2D eigenvalue weighted by atomic mass is 35.5. The van der Waals surface area contributed by atoms with Crippen LogP contribution in [0.1, 0.15) is 19.3 Å². The van der Waals surface area contributed by atoms with Gasteiger partial charge in [0.2, 0.25) is 0 Å². The highest BCUT2D eigenvalue weighted by molar-refractivity contribution is 5.85. The molecule has 128 valence electrons. The second-order valence-corrected chi connectivity index (χ2v) is 5.94. The molecular weight excluding hydrogens is 326 g/mol. The largest absolute Gasteiger partial charge is 0.332 e. The van der Waals surface area contributed by atoms with Gasteiger partial charge < -0.3 is 0 Å². The average Bonchev–Trinajstić information content (AvgIpc) is 2.60. The first-order valence-corrected chi connectivity index (χ1v) is 8.05. The Hall–Kier alpha value is -2.03. The number of fused-ring (bicyclic) bond motifs is 1. The maximum Gasteiger partial charge on any atom is 0.332 e. The third kappa shape index (κ3) is 3.72. The second kappa shape index (κ2) is 8.18. The molecule has 0 saturated carbocycles. The van der Waals surface area contributed by atoms with Crippen molar-refractivity contribution >= 4 is 23.3 Å². The lowest BCUT2D eigenvalue weighted by Gasteiger charge is -2.23. The van der Waals surface area contributed by atoms with Crippen molar-refractivity contribution in [3.63, 3.8) is 0 Å². The van der Waals surface area contributed by atoms with Crippen LogP contribution in [0, 0.1) is 11.8 Å². The minimum Gasteiger partial charge on any atom is -0.292 e. The average molecular weight is 348 g/mol. The van der Waals surface area contributed by atoms with Gasteiger partial charge in [0, 0.05) is 7.05 Å². The summed E-state index contributed by atoms with van der Waals surface area (Å²) in [5.74, 6) is 6.24. The van der Waals surface area contributed by atoms with E-state index in [9.17, 15) is 9.59 Å². The molecule has 0 N–H and O–H groups in total. The summed E-state index contributed by atoms with van der Waals surface area (Å²) in [7, 11) is 1.51. The molecule has 0 spiro atoms. The zero-order chi connectivity index (χ0) is 16.2. The zero-order valence-corrected chi connectivity index (χ0v) is 14.6. The van der Waals surface area contributed by atoms with Crippen molar-refractivity contribution in [2.24, 2.45) is 7.05 Å². The molecule has 1 saturated heterocycles. The number of likely N-dealkylation sites (tertiary alicyclic amines) is 1. The maximum atomic E-state index is 12.3. The van der Waals surface area contributed by atoms with Crippen LogP contribution in [0.3, 0.4) is 0 Å². The summed E-state index contributed by atoms with van der Waals surface area (Å²) in [5, 5.41) is 0.549. The zero-order valence-electron chi connectivity index (χ0n) is 13.8. The van der Waals surface area contributed by atoms with Gasteiger partial charge in [0.05, 0.1) is 24.0 Å². The fraction of sp³-hybridized carbons (Fsp3) is 0.444. The van der Waals surface area contributed by atoms with E-state index in [0.29, 0.717) is 17.4 Å². The fourth-order valence-electron chi connectivity index (χ4n) is 3.01. The molecule has 1 aromatic heterocycles. The van der Waals surface area contributed by atoms with Gasteiger partial charge in [-0.25, -0.2) is 4.79 Å². The number of rotatable bonds is 2.